The van der Waals surface area contributed by atoms with Crippen molar-refractivity contribution in [2.45, 2.75) is 10.1 Å². The van der Waals surface area contributed by atoms with Gasteiger partial charge in [-0.3, -0.25) is 10.1 Å². The van der Waals surface area contributed by atoms with Crippen molar-refractivity contribution in [1.29, 1.82) is 0 Å². The molecule has 0 bridgehead atoms. The first kappa shape index (κ1) is 15.0. The highest BCUT2D eigenvalue weighted by atomic mass is 32.2. The van der Waals surface area contributed by atoms with Crippen LogP contribution in [0.25, 0.3) is 11.5 Å². The number of para-hydroxylation sites is 1. The van der Waals surface area contributed by atoms with Crippen molar-refractivity contribution in [2.24, 2.45) is 0 Å². The number of ether oxygens (including phenoxy) is 1. The van der Waals surface area contributed by atoms with Crippen molar-refractivity contribution in [3.8, 4) is 17.2 Å². The predicted molar refractivity (Wildman–Crippen MR) is 83.5 cm³/mol. The quantitative estimate of drug-likeness (QED) is 0.519. The minimum Gasteiger partial charge on any atom is -0.497 e. The molecule has 0 radical (unpaired) electrons. The summed E-state index contributed by atoms with van der Waals surface area (Å²) in [7, 11) is 1.59. The third-order valence-corrected chi connectivity index (χ3v) is 3.91. The van der Waals surface area contributed by atoms with Crippen LogP contribution in [0.4, 0.5) is 5.69 Å². The Balaban J connectivity index is 1.83. The van der Waals surface area contributed by atoms with Crippen LogP contribution >= 0.6 is 11.8 Å². The van der Waals surface area contributed by atoms with Gasteiger partial charge >= 0.3 is 0 Å². The molecule has 0 atom stereocenters. The Morgan fingerprint density at radius 3 is 2.57 bits per heavy atom. The number of aromatic nitrogens is 2. The molecule has 3 rings (SSSR count). The molecule has 0 aliphatic rings. The molecule has 0 fully saturated rings. The van der Waals surface area contributed by atoms with Crippen LogP contribution in [-0.4, -0.2) is 22.2 Å². The van der Waals surface area contributed by atoms with Gasteiger partial charge in [0.2, 0.25) is 5.89 Å². The normalized spacial score (nSPS) is 10.5. The second kappa shape index (κ2) is 6.49. The summed E-state index contributed by atoms with van der Waals surface area (Å²) in [5.41, 5.74) is 0.745. The molecule has 7 nitrogen and oxygen atoms in total. The Morgan fingerprint density at radius 2 is 1.87 bits per heavy atom. The number of rotatable bonds is 5. The lowest BCUT2D eigenvalue weighted by Crippen LogP contribution is -1.89. The first-order valence-corrected chi connectivity index (χ1v) is 7.38. The maximum absolute atomic E-state index is 11.0. The third kappa shape index (κ3) is 3.32. The zero-order valence-corrected chi connectivity index (χ0v) is 12.8. The molecule has 0 spiro atoms. The van der Waals surface area contributed by atoms with E-state index < -0.39 is 4.92 Å². The first-order chi connectivity index (χ1) is 11.2. The molecule has 116 valence electrons. The molecule has 0 aliphatic carbocycles. The van der Waals surface area contributed by atoms with Gasteiger partial charge in [0.1, 0.15) is 5.75 Å². The average Bonchev–Trinajstić information content (AvgIpc) is 3.04. The van der Waals surface area contributed by atoms with Crippen LogP contribution in [0.3, 0.4) is 0 Å². The van der Waals surface area contributed by atoms with Crippen LogP contribution in [-0.2, 0) is 0 Å². The number of methoxy groups -OCH3 is 1. The average molecular weight is 329 g/mol. The molecule has 1 aromatic heterocycles. The molecular weight excluding hydrogens is 318 g/mol. The highest BCUT2D eigenvalue weighted by Gasteiger charge is 2.17. The molecular formula is C15H11N3O4S. The van der Waals surface area contributed by atoms with E-state index in [2.05, 4.69) is 10.2 Å². The van der Waals surface area contributed by atoms with Gasteiger partial charge in [0, 0.05) is 11.6 Å². The van der Waals surface area contributed by atoms with E-state index >= 15 is 0 Å². The maximum Gasteiger partial charge on any atom is 0.283 e. The van der Waals surface area contributed by atoms with Gasteiger partial charge in [-0.15, -0.1) is 10.2 Å². The van der Waals surface area contributed by atoms with E-state index in [-0.39, 0.29) is 10.9 Å². The summed E-state index contributed by atoms with van der Waals surface area (Å²) >= 11 is 1.06. The van der Waals surface area contributed by atoms with Gasteiger partial charge in [0.25, 0.3) is 10.9 Å². The van der Waals surface area contributed by atoms with Gasteiger partial charge in [-0.05, 0) is 42.1 Å². The Morgan fingerprint density at radius 1 is 1.13 bits per heavy atom. The summed E-state index contributed by atoms with van der Waals surface area (Å²) in [5, 5.41) is 19.1. The van der Waals surface area contributed by atoms with Crippen LogP contribution in [0.1, 0.15) is 0 Å². The van der Waals surface area contributed by atoms with E-state index in [1.807, 2.05) is 0 Å². The van der Waals surface area contributed by atoms with Crippen molar-refractivity contribution < 1.29 is 14.1 Å². The number of nitro groups is 1. The number of hydrogen-bond donors (Lipinski definition) is 0. The Hall–Kier alpha value is -2.87. The van der Waals surface area contributed by atoms with Gasteiger partial charge in [-0.2, -0.15) is 0 Å². The van der Waals surface area contributed by atoms with E-state index in [1.54, 1.807) is 49.6 Å². The summed E-state index contributed by atoms with van der Waals surface area (Å²) in [6.45, 7) is 0. The van der Waals surface area contributed by atoms with Crippen molar-refractivity contribution in [2.75, 3.05) is 7.11 Å². The van der Waals surface area contributed by atoms with Gasteiger partial charge < -0.3 is 9.15 Å². The number of benzene rings is 2. The summed E-state index contributed by atoms with van der Waals surface area (Å²) in [6, 6.07) is 13.6. The molecule has 0 amide bonds. The molecule has 8 heteroatoms. The second-order valence-corrected chi connectivity index (χ2v) is 5.42. The lowest BCUT2D eigenvalue weighted by molar-refractivity contribution is -0.387. The SMILES string of the molecule is COc1ccc(-c2nnc(Sc3ccccc3[N+](=O)[O-])o2)cc1. The Labute approximate surface area is 135 Å². The molecule has 3 aromatic rings. The van der Waals surface area contributed by atoms with Crippen LogP contribution in [0.15, 0.2) is 63.1 Å². The molecule has 0 saturated carbocycles. The summed E-state index contributed by atoms with van der Waals surface area (Å²) in [4.78, 5) is 11.0. The zero-order chi connectivity index (χ0) is 16.2. The fourth-order valence-electron chi connectivity index (χ4n) is 1.89. The lowest BCUT2D eigenvalue weighted by Gasteiger charge is -1.99. The topological polar surface area (TPSA) is 91.3 Å². The van der Waals surface area contributed by atoms with Gasteiger partial charge in [-0.25, -0.2) is 0 Å². The lowest BCUT2D eigenvalue weighted by atomic mass is 10.2. The molecule has 23 heavy (non-hydrogen) atoms. The third-order valence-electron chi connectivity index (χ3n) is 3.00. The van der Waals surface area contributed by atoms with Crippen LogP contribution in [0, 0.1) is 10.1 Å². The van der Waals surface area contributed by atoms with Gasteiger partial charge in [-0.1, -0.05) is 12.1 Å². The predicted octanol–water partition coefficient (Wildman–Crippen LogP) is 3.80. The van der Waals surface area contributed by atoms with Gasteiger partial charge in [0.15, 0.2) is 0 Å². The Kier molecular flexibility index (Phi) is 4.24. The molecule has 2 aromatic carbocycles. The molecule has 1 heterocycles. The molecule has 0 N–H and O–H groups in total. The monoisotopic (exact) mass is 329 g/mol. The fraction of sp³-hybridized carbons (Fsp3) is 0.0667. The van der Waals surface area contributed by atoms with Crippen LogP contribution in [0.5, 0.6) is 5.75 Å². The minimum absolute atomic E-state index is 0.00157. The van der Waals surface area contributed by atoms with E-state index in [9.17, 15) is 10.1 Å². The summed E-state index contributed by atoms with van der Waals surface area (Å²) in [6.07, 6.45) is 0. The van der Waals surface area contributed by atoms with Crippen molar-refractivity contribution in [3.05, 3.63) is 58.6 Å². The zero-order valence-electron chi connectivity index (χ0n) is 12.0. The fourth-order valence-corrected chi connectivity index (χ4v) is 2.67. The van der Waals surface area contributed by atoms with E-state index in [4.69, 9.17) is 9.15 Å². The maximum atomic E-state index is 11.0. The van der Waals surface area contributed by atoms with Crippen LogP contribution in [0.2, 0.25) is 0 Å². The molecule has 0 aliphatic heterocycles. The smallest absolute Gasteiger partial charge is 0.283 e. The summed E-state index contributed by atoms with van der Waals surface area (Å²) in [5.74, 6) is 1.07. The standard InChI is InChI=1S/C15H11N3O4S/c1-21-11-8-6-10(7-9-11)14-16-17-15(22-14)23-13-5-3-2-4-12(13)18(19)20/h2-9H,1H3. The molecule has 0 unspecified atom stereocenters. The first-order valence-electron chi connectivity index (χ1n) is 6.56. The highest BCUT2D eigenvalue weighted by Crippen LogP contribution is 2.34. The number of hydrogen-bond acceptors (Lipinski definition) is 7. The van der Waals surface area contributed by atoms with Crippen molar-refractivity contribution in [3.63, 3.8) is 0 Å². The minimum atomic E-state index is -0.441. The highest BCUT2D eigenvalue weighted by molar-refractivity contribution is 7.99. The van der Waals surface area contributed by atoms with Crippen LogP contribution < -0.4 is 4.74 Å². The van der Waals surface area contributed by atoms with E-state index in [1.165, 1.54) is 6.07 Å². The summed E-state index contributed by atoms with van der Waals surface area (Å²) < 4.78 is 10.6. The van der Waals surface area contributed by atoms with E-state index in [0.29, 0.717) is 10.8 Å². The number of nitro benzene ring substituents is 1. The number of nitrogens with zero attached hydrogens (tertiary/aromatic N) is 3. The Bertz CT molecular complexity index is 833. The van der Waals surface area contributed by atoms with E-state index in [0.717, 1.165) is 23.1 Å². The van der Waals surface area contributed by atoms with Crippen molar-refractivity contribution in [1.82, 2.24) is 10.2 Å². The van der Waals surface area contributed by atoms with Gasteiger partial charge in [0.05, 0.1) is 16.9 Å². The molecule has 0 saturated heterocycles. The largest absolute Gasteiger partial charge is 0.497 e. The second-order valence-electron chi connectivity index (χ2n) is 4.43. The van der Waals surface area contributed by atoms with Crippen molar-refractivity contribution >= 4 is 17.4 Å².